The predicted molar refractivity (Wildman–Crippen MR) is 291 cm³/mol. The molecule has 0 aliphatic carbocycles. The number of rotatable bonds is 7. The smallest absolute Gasteiger partial charge is 0.309 e. The molecule has 0 N–H and O–H groups in total. The van der Waals surface area contributed by atoms with Crippen molar-refractivity contribution in [1.82, 2.24) is 9.13 Å². The number of halogens is 6. The van der Waals surface area contributed by atoms with E-state index in [-0.39, 0.29) is 11.4 Å². The third-order valence-electron chi connectivity index (χ3n) is 14.4. The zero-order chi connectivity index (χ0) is 54.0. The fourth-order valence-electron chi connectivity index (χ4n) is 10.9. The molecule has 0 aliphatic rings. The van der Waals surface area contributed by atoms with E-state index in [2.05, 4.69) is 24.3 Å². The fourth-order valence-corrected chi connectivity index (χ4v) is 10.9. The molecule has 0 atom stereocenters. The molecule has 0 spiro atoms. The summed E-state index contributed by atoms with van der Waals surface area (Å²) in [7, 11) is 0. The highest BCUT2D eigenvalue weighted by atomic mass is 19.4. The van der Waals surface area contributed by atoms with Gasteiger partial charge in [0.25, 0.3) is 0 Å². The number of hydrogen-bond donors (Lipinski definition) is 0. The first kappa shape index (κ1) is 48.3. The van der Waals surface area contributed by atoms with Gasteiger partial charge in [-0.3, -0.25) is 0 Å². The molecule has 12 aromatic rings. The maximum Gasteiger partial charge on any atom is 0.417 e. The van der Waals surface area contributed by atoms with Crippen LogP contribution in [0.25, 0.3) is 111 Å². The maximum atomic E-state index is 15.6. The van der Waals surface area contributed by atoms with Gasteiger partial charge in [-0.25, -0.2) is 0 Å². The monoisotopic (exact) mass is 1020 g/mol. The molecule has 6 nitrogen and oxygen atoms in total. The van der Waals surface area contributed by atoms with Crippen molar-refractivity contribution >= 4 is 43.6 Å². The lowest BCUT2D eigenvalue weighted by Gasteiger charge is -2.21. The normalized spacial score (nSPS) is 11.7. The largest absolute Gasteiger partial charge is 0.417 e. The SMILES string of the molecule is N#Cc1ccccc1-c1ccc2c(c1)c1cc(-c3ccccc3C#N)ccc1n2-c1ccc(C(F)(F)F)c(-c2cc(-n3c4ccc(-c5ccccc5C#N)cc4c4cc(-c5ccccc5C#N)ccc43)ccc2C(F)(F)F)c1. The number of nitriles is 4. The zero-order valence-electron chi connectivity index (χ0n) is 40.6. The predicted octanol–water partition coefficient (Wildman–Crippen LogP) is 17.7. The molecule has 0 radical (unpaired) electrons. The molecule has 0 bridgehead atoms. The summed E-state index contributed by atoms with van der Waals surface area (Å²) in [6.45, 7) is 0. The van der Waals surface area contributed by atoms with E-state index in [0.717, 1.165) is 24.3 Å². The molecular formula is C66H34F6N6. The molecule has 2 heterocycles. The Morgan fingerprint density at radius 2 is 0.538 bits per heavy atom. The molecule has 10 aromatic carbocycles. The molecule has 0 saturated carbocycles. The van der Waals surface area contributed by atoms with Crippen LogP contribution < -0.4 is 0 Å². The third kappa shape index (κ3) is 8.05. The van der Waals surface area contributed by atoms with Crippen molar-refractivity contribution in [2.45, 2.75) is 12.4 Å². The van der Waals surface area contributed by atoms with Crippen molar-refractivity contribution in [3.63, 3.8) is 0 Å². The van der Waals surface area contributed by atoms with Crippen LogP contribution >= 0.6 is 0 Å². The van der Waals surface area contributed by atoms with E-state index in [1.54, 1.807) is 130 Å². The minimum atomic E-state index is -5.11. The van der Waals surface area contributed by atoms with E-state index < -0.39 is 34.6 Å². The molecule has 370 valence electrons. The number of aromatic nitrogens is 2. The van der Waals surface area contributed by atoms with Crippen LogP contribution in [0.3, 0.4) is 0 Å². The highest BCUT2D eigenvalue weighted by Gasteiger charge is 2.39. The van der Waals surface area contributed by atoms with Gasteiger partial charge in [0, 0.05) is 32.9 Å². The Morgan fingerprint density at radius 1 is 0.282 bits per heavy atom. The average Bonchev–Trinajstić information content (AvgIpc) is 4.08. The Morgan fingerprint density at radius 3 is 0.782 bits per heavy atom. The van der Waals surface area contributed by atoms with E-state index in [0.29, 0.717) is 110 Å². The number of benzene rings is 10. The summed E-state index contributed by atoms with van der Waals surface area (Å²) in [5, 5.41) is 42.7. The Hall–Kier alpha value is -10.7. The van der Waals surface area contributed by atoms with Crippen LogP contribution in [0.5, 0.6) is 0 Å². The Labute approximate surface area is 441 Å². The molecular weight excluding hydrogens is 991 g/mol. The van der Waals surface area contributed by atoms with Gasteiger partial charge in [-0.15, -0.1) is 0 Å². The second-order valence-corrected chi connectivity index (χ2v) is 18.7. The van der Waals surface area contributed by atoms with Gasteiger partial charge in [0.1, 0.15) is 0 Å². The van der Waals surface area contributed by atoms with Gasteiger partial charge in [-0.2, -0.15) is 47.4 Å². The van der Waals surface area contributed by atoms with Crippen molar-refractivity contribution < 1.29 is 26.3 Å². The Kier molecular flexibility index (Phi) is 11.5. The van der Waals surface area contributed by atoms with Gasteiger partial charge in [0.05, 0.1) is 79.7 Å². The molecule has 0 unspecified atom stereocenters. The van der Waals surface area contributed by atoms with Gasteiger partial charge in [0.15, 0.2) is 0 Å². The fraction of sp³-hybridized carbons (Fsp3) is 0.0303. The summed E-state index contributed by atoms with van der Waals surface area (Å²) < 4.78 is 96.7. The van der Waals surface area contributed by atoms with E-state index >= 15 is 26.3 Å². The molecule has 12 rings (SSSR count). The number of alkyl halides is 6. The van der Waals surface area contributed by atoms with Crippen molar-refractivity contribution in [2.75, 3.05) is 0 Å². The molecule has 0 amide bonds. The highest BCUT2D eigenvalue weighted by molar-refractivity contribution is 6.13. The van der Waals surface area contributed by atoms with Crippen molar-refractivity contribution in [1.29, 1.82) is 21.0 Å². The summed E-state index contributed by atoms with van der Waals surface area (Å²) in [5.41, 5.74) is 5.28. The summed E-state index contributed by atoms with van der Waals surface area (Å²) in [4.78, 5) is 0. The summed E-state index contributed by atoms with van der Waals surface area (Å²) in [5.74, 6) is 0. The zero-order valence-corrected chi connectivity index (χ0v) is 40.6. The minimum absolute atomic E-state index is 0.138. The van der Waals surface area contributed by atoms with Crippen molar-refractivity contribution in [3.8, 4) is 91.3 Å². The summed E-state index contributed by atoms with van der Waals surface area (Å²) in [6.07, 6.45) is -10.2. The van der Waals surface area contributed by atoms with E-state index in [1.807, 2.05) is 48.5 Å². The molecule has 78 heavy (non-hydrogen) atoms. The molecule has 0 aliphatic heterocycles. The van der Waals surface area contributed by atoms with Gasteiger partial charge >= 0.3 is 12.4 Å². The quantitative estimate of drug-likeness (QED) is 0.148. The average molecular weight is 1030 g/mol. The van der Waals surface area contributed by atoms with Crippen LogP contribution in [-0.4, -0.2) is 9.13 Å². The van der Waals surface area contributed by atoms with Crippen LogP contribution in [0.1, 0.15) is 33.4 Å². The second kappa shape index (κ2) is 18.6. The topological polar surface area (TPSA) is 105 Å². The molecule has 0 fully saturated rings. The van der Waals surface area contributed by atoms with Gasteiger partial charge in [0.2, 0.25) is 0 Å². The van der Waals surface area contributed by atoms with Gasteiger partial charge in [-0.1, -0.05) is 97.1 Å². The number of hydrogen-bond acceptors (Lipinski definition) is 4. The molecule has 2 aromatic heterocycles. The Bertz CT molecular complexity index is 4140. The Balaban J connectivity index is 1.11. The van der Waals surface area contributed by atoms with Crippen LogP contribution in [-0.2, 0) is 12.4 Å². The number of nitrogens with zero attached hydrogens (tertiary/aromatic N) is 6. The maximum absolute atomic E-state index is 15.6. The lowest BCUT2D eigenvalue weighted by atomic mass is 9.93. The van der Waals surface area contributed by atoms with E-state index in [4.69, 9.17) is 0 Å². The summed E-state index contributed by atoms with van der Waals surface area (Å²) in [6, 6.07) is 65.3. The molecule has 12 heteroatoms. The first-order valence-electron chi connectivity index (χ1n) is 24.4. The first-order chi connectivity index (χ1) is 37.8. The summed E-state index contributed by atoms with van der Waals surface area (Å²) >= 11 is 0. The standard InChI is InChI=1S/C66H34F6N6/c67-65(68,69)59-23-21-47(77-61-25-17-39(49-13-5-1-9-43(49)35-73)29-55(61)56-30-40(18-26-62(56)77)50-14-6-2-10-44(50)36-74)33-53(59)54-34-48(22-24-60(54)66(70,71)72)78-63-27-19-41(51-15-7-3-11-45(51)37-75)31-57(63)58-32-42(20-28-64(58)78)52-16-8-4-12-46(52)38-76/h1-34H. The van der Waals surface area contributed by atoms with Crippen LogP contribution in [0.2, 0.25) is 0 Å². The van der Waals surface area contributed by atoms with Crippen molar-refractivity contribution in [2.24, 2.45) is 0 Å². The van der Waals surface area contributed by atoms with Gasteiger partial charge in [-0.05, 0) is 165 Å². The van der Waals surface area contributed by atoms with Crippen LogP contribution in [0.15, 0.2) is 206 Å². The first-order valence-corrected chi connectivity index (χ1v) is 24.4. The minimum Gasteiger partial charge on any atom is -0.309 e. The number of fused-ring (bicyclic) bond motifs is 6. The van der Waals surface area contributed by atoms with Gasteiger partial charge < -0.3 is 9.13 Å². The van der Waals surface area contributed by atoms with E-state index in [1.165, 1.54) is 12.1 Å². The lowest BCUT2D eigenvalue weighted by Crippen LogP contribution is -2.12. The van der Waals surface area contributed by atoms with E-state index in [9.17, 15) is 21.0 Å². The van der Waals surface area contributed by atoms with Crippen molar-refractivity contribution in [3.05, 3.63) is 240 Å². The second-order valence-electron chi connectivity index (χ2n) is 18.7. The van der Waals surface area contributed by atoms with Crippen LogP contribution in [0.4, 0.5) is 26.3 Å². The molecule has 0 saturated heterocycles. The third-order valence-corrected chi connectivity index (χ3v) is 14.4. The lowest BCUT2D eigenvalue weighted by molar-refractivity contribution is -0.139. The van der Waals surface area contributed by atoms with Crippen LogP contribution in [0, 0.1) is 45.3 Å². The highest BCUT2D eigenvalue weighted by Crippen LogP contribution is 2.47.